The number of nitriles is 1. The smallest absolute Gasteiger partial charge is 0.341 e. The van der Waals surface area contributed by atoms with Crippen LogP contribution in [0.15, 0.2) is 0 Å². The van der Waals surface area contributed by atoms with Crippen LogP contribution >= 0.6 is 11.3 Å². The predicted octanol–water partition coefficient (Wildman–Crippen LogP) is 1.78. The molecule has 0 saturated carbocycles. The molecule has 5 nitrogen and oxygen atoms in total. The lowest BCUT2D eigenvalue weighted by molar-refractivity contribution is 0.0526. The highest BCUT2D eigenvalue weighted by Gasteiger charge is 2.27. The molecule has 2 heterocycles. The molecule has 0 unspecified atom stereocenters. The summed E-state index contributed by atoms with van der Waals surface area (Å²) in [7, 11) is 0. The number of thiophene rings is 1. The Morgan fingerprint density at radius 2 is 2.42 bits per heavy atom. The fraction of sp³-hybridized carbons (Fsp3) is 0.538. The number of hydrogen-bond acceptors (Lipinski definition) is 6. The Bertz CT molecular complexity index is 519. The van der Waals surface area contributed by atoms with E-state index in [0.29, 0.717) is 23.6 Å². The van der Waals surface area contributed by atoms with Gasteiger partial charge < -0.3 is 10.5 Å². The fourth-order valence-electron chi connectivity index (χ4n) is 2.30. The third-order valence-electron chi connectivity index (χ3n) is 3.18. The monoisotopic (exact) mass is 279 g/mol. The number of esters is 1. The van der Waals surface area contributed by atoms with Gasteiger partial charge >= 0.3 is 5.97 Å². The van der Waals surface area contributed by atoms with E-state index < -0.39 is 0 Å². The zero-order chi connectivity index (χ0) is 13.8. The summed E-state index contributed by atoms with van der Waals surface area (Å²) in [5.74, 6) is -0.317. The van der Waals surface area contributed by atoms with Crippen molar-refractivity contribution in [3.63, 3.8) is 0 Å². The van der Waals surface area contributed by atoms with Crippen molar-refractivity contribution in [2.24, 2.45) is 0 Å². The maximum atomic E-state index is 11.9. The summed E-state index contributed by atoms with van der Waals surface area (Å²) in [4.78, 5) is 15.2. The molecule has 19 heavy (non-hydrogen) atoms. The van der Waals surface area contributed by atoms with Crippen molar-refractivity contribution in [1.29, 1.82) is 5.26 Å². The minimum Gasteiger partial charge on any atom is -0.462 e. The van der Waals surface area contributed by atoms with Gasteiger partial charge in [-0.1, -0.05) is 0 Å². The molecule has 1 aromatic heterocycles. The molecule has 2 N–H and O–H groups in total. The second-order valence-corrected chi connectivity index (χ2v) is 5.53. The summed E-state index contributed by atoms with van der Waals surface area (Å²) >= 11 is 1.46. The number of carbonyl (C=O) groups is 1. The highest BCUT2D eigenvalue weighted by Crippen LogP contribution is 2.35. The first-order valence-corrected chi connectivity index (χ1v) is 7.15. The molecule has 0 amide bonds. The molecular formula is C13H17N3O2S. The van der Waals surface area contributed by atoms with Crippen molar-refractivity contribution in [2.75, 3.05) is 25.4 Å². The van der Waals surface area contributed by atoms with Crippen molar-refractivity contribution in [1.82, 2.24) is 4.90 Å². The van der Waals surface area contributed by atoms with E-state index in [4.69, 9.17) is 15.7 Å². The van der Waals surface area contributed by atoms with Crippen LogP contribution in [0.4, 0.5) is 5.00 Å². The van der Waals surface area contributed by atoms with Crippen molar-refractivity contribution in [3.8, 4) is 6.07 Å². The molecule has 102 valence electrons. The molecule has 1 aliphatic heterocycles. The molecule has 0 aromatic carbocycles. The van der Waals surface area contributed by atoms with E-state index in [0.717, 1.165) is 36.5 Å². The van der Waals surface area contributed by atoms with Gasteiger partial charge in [0.15, 0.2) is 0 Å². The van der Waals surface area contributed by atoms with E-state index in [1.807, 2.05) is 0 Å². The number of fused-ring (bicyclic) bond motifs is 1. The lowest BCUT2D eigenvalue weighted by atomic mass is 10.0. The molecule has 0 fully saturated rings. The number of carbonyl (C=O) groups excluding carboxylic acids is 1. The van der Waals surface area contributed by atoms with Crippen LogP contribution in [0.25, 0.3) is 0 Å². The minimum absolute atomic E-state index is 0.317. The van der Waals surface area contributed by atoms with E-state index in [-0.39, 0.29) is 5.97 Å². The maximum Gasteiger partial charge on any atom is 0.341 e. The first-order chi connectivity index (χ1) is 9.17. The quantitative estimate of drug-likeness (QED) is 0.850. The highest BCUT2D eigenvalue weighted by atomic mass is 32.1. The summed E-state index contributed by atoms with van der Waals surface area (Å²) in [6.45, 7) is 4.54. The maximum absolute atomic E-state index is 11.9. The van der Waals surface area contributed by atoms with E-state index in [1.54, 1.807) is 6.92 Å². The topological polar surface area (TPSA) is 79.3 Å². The minimum atomic E-state index is -0.317. The zero-order valence-electron chi connectivity index (χ0n) is 10.9. The van der Waals surface area contributed by atoms with Gasteiger partial charge in [-0.15, -0.1) is 11.3 Å². The van der Waals surface area contributed by atoms with Gasteiger partial charge in [0, 0.05) is 30.9 Å². The first-order valence-electron chi connectivity index (χ1n) is 6.33. The van der Waals surface area contributed by atoms with E-state index in [2.05, 4.69) is 11.0 Å². The molecule has 1 aliphatic rings. The van der Waals surface area contributed by atoms with Crippen molar-refractivity contribution < 1.29 is 9.53 Å². The molecular weight excluding hydrogens is 262 g/mol. The van der Waals surface area contributed by atoms with Crippen molar-refractivity contribution in [3.05, 3.63) is 16.0 Å². The number of rotatable bonds is 4. The van der Waals surface area contributed by atoms with Crippen LogP contribution in [0.5, 0.6) is 0 Å². The van der Waals surface area contributed by atoms with Crippen LogP contribution in [0.2, 0.25) is 0 Å². The van der Waals surface area contributed by atoms with Gasteiger partial charge in [-0.3, -0.25) is 4.90 Å². The number of nitrogen functional groups attached to an aromatic ring is 1. The fourth-order valence-corrected chi connectivity index (χ4v) is 3.45. The van der Waals surface area contributed by atoms with E-state index >= 15 is 0 Å². The van der Waals surface area contributed by atoms with Gasteiger partial charge in [-0.2, -0.15) is 5.26 Å². The van der Waals surface area contributed by atoms with Crippen LogP contribution in [-0.2, 0) is 17.7 Å². The Morgan fingerprint density at radius 3 is 3.11 bits per heavy atom. The summed E-state index contributed by atoms with van der Waals surface area (Å²) in [5, 5.41) is 9.16. The third-order valence-corrected chi connectivity index (χ3v) is 4.23. The summed E-state index contributed by atoms with van der Waals surface area (Å²) in [6, 6.07) is 2.15. The average Bonchev–Trinajstić information content (AvgIpc) is 2.71. The van der Waals surface area contributed by atoms with Crippen LogP contribution < -0.4 is 5.73 Å². The number of ether oxygens (including phenoxy) is 1. The molecule has 0 atom stereocenters. The number of nitrogens with zero attached hydrogens (tertiary/aromatic N) is 2. The standard InChI is InChI=1S/C13H17N3O2S/c1-2-18-13(17)11-9-4-7-16(6-3-5-14)8-10(9)19-12(11)15/h2-4,6-8,15H2,1H3. The molecule has 2 rings (SSSR count). The zero-order valence-corrected chi connectivity index (χ0v) is 11.8. The summed E-state index contributed by atoms with van der Waals surface area (Å²) < 4.78 is 5.06. The Balaban J connectivity index is 2.18. The lowest BCUT2D eigenvalue weighted by Crippen LogP contribution is -2.31. The van der Waals surface area contributed by atoms with Crippen molar-refractivity contribution >= 4 is 22.3 Å². The third kappa shape index (κ3) is 2.88. The average molecular weight is 279 g/mol. The van der Waals surface area contributed by atoms with Crippen molar-refractivity contribution in [2.45, 2.75) is 26.3 Å². The molecule has 1 aromatic rings. The van der Waals surface area contributed by atoms with E-state index in [9.17, 15) is 4.79 Å². The Morgan fingerprint density at radius 1 is 1.63 bits per heavy atom. The van der Waals surface area contributed by atoms with Gasteiger partial charge in [0.25, 0.3) is 0 Å². The Labute approximate surface area is 116 Å². The molecule has 0 aliphatic carbocycles. The molecule has 0 bridgehead atoms. The number of anilines is 1. The SMILES string of the molecule is CCOC(=O)c1c(N)sc2c1CCN(CCC#N)C2. The summed E-state index contributed by atoms with van der Waals surface area (Å²) in [5.41, 5.74) is 7.54. The summed E-state index contributed by atoms with van der Waals surface area (Å²) in [6.07, 6.45) is 1.32. The number of nitrogens with two attached hydrogens (primary N) is 1. The van der Waals surface area contributed by atoms with Gasteiger partial charge in [-0.25, -0.2) is 4.79 Å². The van der Waals surface area contributed by atoms with Gasteiger partial charge in [0.1, 0.15) is 5.00 Å². The Kier molecular flexibility index (Phi) is 4.40. The lowest BCUT2D eigenvalue weighted by Gasteiger charge is -2.26. The largest absolute Gasteiger partial charge is 0.462 e. The van der Waals surface area contributed by atoms with Crippen LogP contribution in [0, 0.1) is 11.3 Å². The molecule has 0 radical (unpaired) electrons. The normalized spacial score (nSPS) is 14.7. The van der Waals surface area contributed by atoms with Gasteiger partial charge in [0.2, 0.25) is 0 Å². The van der Waals surface area contributed by atoms with Gasteiger partial charge in [0.05, 0.1) is 18.2 Å². The molecule has 0 saturated heterocycles. The Hall–Kier alpha value is -1.58. The second-order valence-electron chi connectivity index (χ2n) is 4.40. The molecule has 6 heteroatoms. The second kappa shape index (κ2) is 6.04. The van der Waals surface area contributed by atoms with Crippen LogP contribution in [0.3, 0.4) is 0 Å². The number of hydrogen-bond donors (Lipinski definition) is 1. The van der Waals surface area contributed by atoms with Gasteiger partial charge in [-0.05, 0) is 18.9 Å². The predicted molar refractivity (Wildman–Crippen MR) is 73.9 cm³/mol. The molecule has 0 spiro atoms. The highest BCUT2D eigenvalue weighted by molar-refractivity contribution is 7.16. The van der Waals surface area contributed by atoms with Crippen LogP contribution in [-0.4, -0.2) is 30.6 Å². The first kappa shape index (κ1) is 13.8. The van der Waals surface area contributed by atoms with Crippen LogP contribution in [0.1, 0.15) is 34.1 Å². The van der Waals surface area contributed by atoms with E-state index in [1.165, 1.54) is 11.3 Å².